The van der Waals surface area contributed by atoms with E-state index in [0.717, 1.165) is 34.5 Å². The van der Waals surface area contributed by atoms with Crippen LogP contribution >= 0.6 is 11.6 Å². The van der Waals surface area contributed by atoms with Gasteiger partial charge in [-0.1, -0.05) is 29.8 Å². The molecule has 0 aliphatic carbocycles. The Morgan fingerprint density at radius 3 is 2.89 bits per heavy atom. The minimum atomic E-state index is -0.899. The molecule has 1 aromatic heterocycles. The summed E-state index contributed by atoms with van der Waals surface area (Å²) < 4.78 is 33.6. The molecule has 0 saturated heterocycles. The Morgan fingerprint density at radius 1 is 1.25 bits per heavy atom. The third-order valence-corrected chi connectivity index (χ3v) is 4.96. The van der Waals surface area contributed by atoms with Crippen LogP contribution in [-0.2, 0) is 6.42 Å². The molecule has 0 amide bonds. The fraction of sp³-hybridized carbons (Fsp3) is 0.200. The Morgan fingerprint density at radius 2 is 2.07 bits per heavy atom. The number of ether oxygens (including phenoxy) is 1. The van der Waals surface area contributed by atoms with Crippen LogP contribution in [0.15, 0.2) is 53.5 Å². The van der Waals surface area contributed by atoms with E-state index in [4.69, 9.17) is 16.3 Å². The second-order valence-electron chi connectivity index (χ2n) is 6.55. The average molecular weight is 404 g/mol. The smallest absolute Gasteiger partial charge is 0.292 e. The Bertz CT molecular complexity index is 1090. The number of fused-ring (bicyclic) bond motifs is 1. The predicted octanol–water partition coefficient (Wildman–Crippen LogP) is 3.83. The maximum absolute atomic E-state index is 13.9. The van der Waals surface area contributed by atoms with Crippen molar-refractivity contribution in [3.63, 3.8) is 0 Å². The van der Waals surface area contributed by atoms with E-state index in [9.17, 15) is 13.6 Å². The number of nitrogens with one attached hydrogen (secondary N) is 1. The van der Waals surface area contributed by atoms with Crippen molar-refractivity contribution in [2.45, 2.75) is 6.42 Å². The van der Waals surface area contributed by atoms with Crippen LogP contribution in [0.3, 0.4) is 0 Å². The summed E-state index contributed by atoms with van der Waals surface area (Å²) in [5.41, 5.74) is 0.621. The molecule has 0 radical (unpaired) electrons. The van der Waals surface area contributed by atoms with Crippen LogP contribution in [0.4, 0.5) is 14.5 Å². The van der Waals surface area contributed by atoms with Crippen molar-refractivity contribution < 1.29 is 13.5 Å². The molecular weight excluding hydrogens is 388 g/mol. The van der Waals surface area contributed by atoms with Gasteiger partial charge in [-0.05, 0) is 30.2 Å². The highest BCUT2D eigenvalue weighted by molar-refractivity contribution is 6.32. The zero-order valence-electron chi connectivity index (χ0n) is 14.7. The van der Waals surface area contributed by atoms with Crippen LogP contribution in [-0.4, -0.2) is 22.9 Å². The van der Waals surface area contributed by atoms with Crippen molar-refractivity contribution in [3.05, 3.63) is 81.2 Å². The highest BCUT2D eigenvalue weighted by atomic mass is 35.5. The third kappa shape index (κ3) is 3.57. The highest BCUT2D eigenvalue weighted by Gasteiger charge is 2.20. The molecule has 2 aromatic carbocycles. The van der Waals surface area contributed by atoms with E-state index in [1.807, 2.05) is 24.3 Å². The molecule has 3 aromatic rings. The van der Waals surface area contributed by atoms with E-state index >= 15 is 0 Å². The molecule has 1 aliphatic heterocycles. The molecular formula is C20H16ClF2N3O2. The Balaban J connectivity index is 1.51. The van der Waals surface area contributed by atoms with Gasteiger partial charge in [-0.15, -0.1) is 0 Å². The molecule has 144 valence electrons. The van der Waals surface area contributed by atoms with E-state index in [0.29, 0.717) is 24.9 Å². The summed E-state index contributed by atoms with van der Waals surface area (Å²) in [6, 6.07) is 10.7. The van der Waals surface area contributed by atoms with Gasteiger partial charge < -0.3 is 10.1 Å². The lowest BCUT2D eigenvalue weighted by Gasteiger charge is -2.25. The molecule has 4 rings (SSSR count). The second-order valence-corrected chi connectivity index (χ2v) is 6.93. The van der Waals surface area contributed by atoms with Crippen molar-refractivity contribution in [2.75, 3.05) is 18.5 Å². The first-order valence-electron chi connectivity index (χ1n) is 8.71. The van der Waals surface area contributed by atoms with Crippen LogP contribution in [0.5, 0.6) is 5.75 Å². The van der Waals surface area contributed by atoms with Gasteiger partial charge in [0.1, 0.15) is 22.3 Å². The quantitative estimate of drug-likeness (QED) is 0.719. The average Bonchev–Trinajstić information content (AvgIpc) is 2.70. The molecule has 0 saturated carbocycles. The molecule has 5 nitrogen and oxygen atoms in total. The summed E-state index contributed by atoms with van der Waals surface area (Å²) in [5, 5.41) is 6.96. The topological polar surface area (TPSA) is 56.1 Å². The SMILES string of the molecule is O=c1c(Cl)c(NC[C@@H]2COc3ccccc3C2)cnn1-c1ccc(F)cc1F. The molecule has 0 fully saturated rings. The summed E-state index contributed by atoms with van der Waals surface area (Å²) in [7, 11) is 0. The maximum atomic E-state index is 13.9. The largest absolute Gasteiger partial charge is 0.493 e. The molecule has 0 bridgehead atoms. The van der Waals surface area contributed by atoms with Crippen LogP contribution in [0.25, 0.3) is 5.69 Å². The second kappa shape index (κ2) is 7.59. The molecule has 1 aliphatic rings. The first-order chi connectivity index (χ1) is 13.5. The zero-order valence-corrected chi connectivity index (χ0v) is 15.4. The summed E-state index contributed by atoms with van der Waals surface area (Å²) in [6.45, 7) is 1.08. The lowest BCUT2D eigenvalue weighted by atomic mass is 9.97. The highest BCUT2D eigenvalue weighted by Crippen LogP contribution is 2.27. The molecule has 0 spiro atoms. The molecule has 8 heteroatoms. The van der Waals surface area contributed by atoms with Gasteiger partial charge in [0.2, 0.25) is 0 Å². The summed E-state index contributed by atoms with van der Waals surface area (Å²) in [6.07, 6.45) is 2.19. The normalized spacial score (nSPS) is 15.6. The number of aromatic nitrogens is 2. The van der Waals surface area contributed by atoms with E-state index in [1.54, 1.807) is 0 Å². The van der Waals surface area contributed by atoms with Crippen molar-refractivity contribution >= 4 is 17.3 Å². The third-order valence-electron chi connectivity index (χ3n) is 4.59. The Kier molecular flexibility index (Phi) is 5.00. The first-order valence-corrected chi connectivity index (χ1v) is 9.08. The molecule has 28 heavy (non-hydrogen) atoms. The number of rotatable bonds is 4. The van der Waals surface area contributed by atoms with E-state index in [-0.39, 0.29) is 16.6 Å². The first kappa shape index (κ1) is 18.4. The molecule has 1 atom stereocenters. The van der Waals surface area contributed by atoms with Crippen LogP contribution in [0.1, 0.15) is 5.56 Å². The monoisotopic (exact) mass is 403 g/mol. The van der Waals surface area contributed by atoms with Crippen LogP contribution in [0.2, 0.25) is 5.02 Å². The van der Waals surface area contributed by atoms with Crippen molar-refractivity contribution in [1.29, 1.82) is 0 Å². The van der Waals surface area contributed by atoms with Crippen molar-refractivity contribution in [2.24, 2.45) is 5.92 Å². The summed E-state index contributed by atoms with van der Waals surface area (Å²) in [5.74, 6) is -0.551. The van der Waals surface area contributed by atoms with E-state index in [1.165, 1.54) is 6.20 Å². The summed E-state index contributed by atoms with van der Waals surface area (Å²) >= 11 is 6.17. The molecule has 2 heterocycles. The number of nitrogens with zero attached hydrogens (tertiary/aromatic N) is 2. The number of benzene rings is 2. The van der Waals surface area contributed by atoms with Gasteiger partial charge in [0, 0.05) is 18.5 Å². The zero-order chi connectivity index (χ0) is 19.7. The van der Waals surface area contributed by atoms with Crippen LogP contribution in [0, 0.1) is 17.6 Å². The van der Waals surface area contributed by atoms with Gasteiger partial charge in [0.25, 0.3) is 5.56 Å². The van der Waals surface area contributed by atoms with E-state index < -0.39 is 17.2 Å². The van der Waals surface area contributed by atoms with Gasteiger partial charge in [0.15, 0.2) is 5.82 Å². The number of anilines is 1. The van der Waals surface area contributed by atoms with Gasteiger partial charge >= 0.3 is 0 Å². The number of halogens is 3. The maximum Gasteiger partial charge on any atom is 0.292 e. The fourth-order valence-electron chi connectivity index (χ4n) is 3.16. The van der Waals surface area contributed by atoms with Crippen LogP contribution < -0.4 is 15.6 Å². The summed E-state index contributed by atoms with van der Waals surface area (Å²) in [4.78, 5) is 12.5. The minimum Gasteiger partial charge on any atom is -0.493 e. The van der Waals surface area contributed by atoms with Gasteiger partial charge in [-0.3, -0.25) is 4.79 Å². The molecule has 0 unspecified atom stereocenters. The lowest BCUT2D eigenvalue weighted by molar-refractivity contribution is 0.229. The number of hydrogen-bond acceptors (Lipinski definition) is 4. The van der Waals surface area contributed by atoms with Crippen molar-refractivity contribution in [1.82, 2.24) is 9.78 Å². The minimum absolute atomic E-state index is 0.115. The number of para-hydroxylation sites is 1. The van der Waals surface area contributed by atoms with Gasteiger partial charge in [-0.2, -0.15) is 9.78 Å². The van der Waals surface area contributed by atoms with Crippen molar-refractivity contribution in [3.8, 4) is 11.4 Å². The van der Waals surface area contributed by atoms with Gasteiger partial charge in [-0.25, -0.2) is 8.78 Å². The molecule has 1 N–H and O–H groups in total. The Hall–Kier alpha value is -2.93. The lowest BCUT2D eigenvalue weighted by Crippen LogP contribution is -2.29. The van der Waals surface area contributed by atoms with Gasteiger partial charge in [0.05, 0.1) is 18.5 Å². The standard InChI is InChI=1S/C20H16ClF2N3O2/c21-19-16(24-9-12-7-13-3-1-2-4-18(13)28-11-12)10-25-26(20(19)27)17-6-5-14(22)8-15(17)23/h1-6,8,10,12,24H,7,9,11H2/t12-/m1/s1. The predicted molar refractivity (Wildman–Crippen MR) is 102 cm³/mol. The number of hydrogen-bond donors (Lipinski definition) is 1. The fourth-order valence-corrected chi connectivity index (χ4v) is 3.35. The Labute approximate surface area is 164 Å². The van der Waals surface area contributed by atoms with E-state index in [2.05, 4.69) is 10.4 Å².